The molecule has 2 saturated carbocycles. The summed E-state index contributed by atoms with van der Waals surface area (Å²) < 4.78 is 0. The number of nitrogens with zero attached hydrogens (tertiary/aromatic N) is 3. The van der Waals surface area contributed by atoms with Crippen molar-refractivity contribution in [1.29, 1.82) is 0 Å². The summed E-state index contributed by atoms with van der Waals surface area (Å²) in [7, 11) is 4.26. The second-order valence-corrected chi connectivity index (χ2v) is 6.45. The first-order chi connectivity index (χ1) is 9.58. The monoisotopic (exact) mass is 281 g/mol. The summed E-state index contributed by atoms with van der Waals surface area (Å²) in [5.74, 6) is -1.02. The van der Waals surface area contributed by atoms with Crippen LogP contribution in [0.4, 0.5) is 0 Å². The molecule has 0 saturated heterocycles. The molecule has 2 rings (SSSR count). The minimum Gasteiger partial charge on any atom is -0.481 e. The first-order valence-corrected chi connectivity index (χ1v) is 7.87. The van der Waals surface area contributed by atoms with Crippen LogP contribution in [0.3, 0.4) is 0 Å². The molecular weight excluding hydrogens is 254 g/mol. The Bertz CT molecular complexity index is 349. The molecule has 5 heteroatoms. The molecule has 20 heavy (non-hydrogen) atoms. The zero-order valence-electron chi connectivity index (χ0n) is 12.7. The number of carbonyl (C=O) groups is 1. The molecule has 5 nitrogen and oxygen atoms in total. The average Bonchev–Trinajstić information content (AvgIpc) is 2.45. The molecule has 0 radical (unpaired) electrons. The van der Waals surface area contributed by atoms with E-state index in [0.717, 1.165) is 38.5 Å². The molecule has 0 spiro atoms. The molecule has 2 unspecified atom stereocenters. The highest BCUT2D eigenvalue weighted by molar-refractivity contribution is 5.71. The normalized spacial score (nSPS) is 35.5. The summed E-state index contributed by atoms with van der Waals surface area (Å²) >= 11 is 0. The van der Waals surface area contributed by atoms with Crippen molar-refractivity contribution in [2.45, 2.75) is 69.5 Å². The van der Waals surface area contributed by atoms with Gasteiger partial charge in [0.15, 0.2) is 0 Å². The number of hydrogen-bond donors (Lipinski definition) is 1. The maximum Gasteiger partial charge on any atom is 0.308 e. The lowest BCUT2D eigenvalue weighted by molar-refractivity contribution is -0.143. The molecule has 0 amide bonds. The Morgan fingerprint density at radius 1 is 1.00 bits per heavy atom. The van der Waals surface area contributed by atoms with Gasteiger partial charge in [-0.05, 0) is 52.6 Å². The van der Waals surface area contributed by atoms with E-state index in [1.54, 1.807) is 0 Å². The van der Waals surface area contributed by atoms with Crippen molar-refractivity contribution in [3.63, 3.8) is 0 Å². The first-order valence-electron chi connectivity index (χ1n) is 7.87. The van der Waals surface area contributed by atoms with Crippen molar-refractivity contribution < 1.29 is 9.90 Å². The fraction of sp³-hybridized carbons (Fsp3) is 0.933. The quantitative estimate of drug-likeness (QED) is 0.806. The predicted octanol–water partition coefficient (Wildman–Crippen LogP) is 2.95. The van der Waals surface area contributed by atoms with E-state index in [1.165, 1.54) is 12.8 Å². The summed E-state index contributed by atoms with van der Waals surface area (Å²) in [4.78, 5) is 13.5. The Labute approximate surface area is 121 Å². The van der Waals surface area contributed by atoms with Crippen LogP contribution in [0.2, 0.25) is 0 Å². The van der Waals surface area contributed by atoms with Gasteiger partial charge in [-0.2, -0.15) is 10.2 Å². The zero-order valence-corrected chi connectivity index (χ0v) is 12.7. The highest BCUT2D eigenvalue weighted by Gasteiger charge is 2.31. The summed E-state index contributed by atoms with van der Waals surface area (Å²) in [6.07, 6.45) is 8.23. The minimum absolute atomic E-state index is 0.0900. The number of carboxylic acid groups (broad SMARTS) is 1. The van der Waals surface area contributed by atoms with Gasteiger partial charge in [-0.3, -0.25) is 4.79 Å². The molecule has 2 aliphatic carbocycles. The van der Waals surface area contributed by atoms with Gasteiger partial charge >= 0.3 is 5.97 Å². The van der Waals surface area contributed by atoms with Crippen molar-refractivity contribution in [2.75, 3.05) is 14.1 Å². The fourth-order valence-electron chi connectivity index (χ4n) is 3.41. The van der Waals surface area contributed by atoms with E-state index in [9.17, 15) is 9.90 Å². The van der Waals surface area contributed by atoms with Crippen LogP contribution in [0.5, 0.6) is 0 Å². The summed E-state index contributed by atoms with van der Waals surface area (Å²) in [6, 6.07) is 0.887. The molecule has 0 aromatic rings. The maximum absolute atomic E-state index is 11.2. The van der Waals surface area contributed by atoms with Gasteiger partial charge in [0.1, 0.15) is 0 Å². The third kappa shape index (κ3) is 4.01. The van der Waals surface area contributed by atoms with Crippen molar-refractivity contribution >= 4 is 5.97 Å². The highest BCUT2D eigenvalue weighted by atomic mass is 16.4. The maximum atomic E-state index is 11.2. The largest absolute Gasteiger partial charge is 0.481 e. The van der Waals surface area contributed by atoms with Crippen molar-refractivity contribution in [1.82, 2.24) is 4.90 Å². The Balaban J connectivity index is 1.84. The molecule has 2 aliphatic rings. The van der Waals surface area contributed by atoms with Gasteiger partial charge in [-0.25, -0.2) is 0 Å². The topological polar surface area (TPSA) is 65.3 Å². The smallest absolute Gasteiger partial charge is 0.308 e. The molecule has 2 fully saturated rings. The van der Waals surface area contributed by atoms with Gasteiger partial charge in [-0.15, -0.1) is 0 Å². The zero-order chi connectivity index (χ0) is 14.5. The highest BCUT2D eigenvalue weighted by Crippen LogP contribution is 2.29. The van der Waals surface area contributed by atoms with Gasteiger partial charge in [-0.1, -0.05) is 12.8 Å². The third-order valence-corrected chi connectivity index (χ3v) is 4.82. The Morgan fingerprint density at radius 3 is 2.25 bits per heavy atom. The molecule has 0 heterocycles. The molecule has 114 valence electrons. The van der Waals surface area contributed by atoms with Crippen LogP contribution in [-0.4, -0.2) is 48.2 Å². The molecule has 0 bridgehead atoms. The van der Waals surface area contributed by atoms with E-state index in [0.29, 0.717) is 12.1 Å². The SMILES string of the molecule is CN(C)C1CCC(N=NC2CCCCC2C(=O)O)CC1. The van der Waals surface area contributed by atoms with Crippen LogP contribution in [0.15, 0.2) is 10.2 Å². The van der Waals surface area contributed by atoms with Crippen molar-refractivity contribution in [3.8, 4) is 0 Å². The van der Waals surface area contributed by atoms with E-state index in [1.807, 2.05) is 0 Å². The first kappa shape index (κ1) is 15.4. The van der Waals surface area contributed by atoms with Gasteiger partial charge in [0, 0.05) is 6.04 Å². The lowest BCUT2D eigenvalue weighted by Crippen LogP contribution is -2.33. The number of azo groups is 1. The summed E-state index contributed by atoms with van der Waals surface area (Å²) in [6.45, 7) is 0. The van der Waals surface area contributed by atoms with Crippen molar-refractivity contribution in [2.24, 2.45) is 16.1 Å². The molecule has 0 aromatic carbocycles. The lowest BCUT2D eigenvalue weighted by Gasteiger charge is -2.31. The summed E-state index contributed by atoms with van der Waals surface area (Å²) in [5, 5.41) is 18.1. The summed E-state index contributed by atoms with van der Waals surface area (Å²) in [5.41, 5.74) is 0. The molecular formula is C15H27N3O2. The van der Waals surface area contributed by atoms with E-state index in [2.05, 4.69) is 29.2 Å². The average molecular weight is 281 g/mol. The van der Waals surface area contributed by atoms with Crippen LogP contribution in [0.25, 0.3) is 0 Å². The minimum atomic E-state index is -0.704. The predicted molar refractivity (Wildman–Crippen MR) is 78.0 cm³/mol. The number of carboxylic acids is 1. The van der Waals surface area contributed by atoms with Crippen LogP contribution >= 0.6 is 0 Å². The van der Waals surface area contributed by atoms with Crippen LogP contribution in [-0.2, 0) is 4.79 Å². The number of aliphatic carboxylic acids is 1. The third-order valence-electron chi connectivity index (χ3n) is 4.82. The second kappa shape index (κ2) is 7.16. The second-order valence-electron chi connectivity index (χ2n) is 6.45. The van der Waals surface area contributed by atoms with Crippen LogP contribution in [0, 0.1) is 5.92 Å². The van der Waals surface area contributed by atoms with Gasteiger partial charge in [0.2, 0.25) is 0 Å². The van der Waals surface area contributed by atoms with Crippen LogP contribution < -0.4 is 0 Å². The van der Waals surface area contributed by atoms with E-state index in [4.69, 9.17) is 0 Å². The van der Waals surface area contributed by atoms with E-state index < -0.39 is 5.97 Å². The molecule has 2 atom stereocenters. The molecule has 1 N–H and O–H groups in total. The van der Waals surface area contributed by atoms with Crippen molar-refractivity contribution in [3.05, 3.63) is 0 Å². The lowest BCUT2D eigenvalue weighted by atomic mass is 9.85. The van der Waals surface area contributed by atoms with E-state index in [-0.39, 0.29) is 12.0 Å². The Hall–Kier alpha value is -0.970. The van der Waals surface area contributed by atoms with Gasteiger partial charge in [0.25, 0.3) is 0 Å². The standard InChI is InChI=1S/C15H27N3O2/c1-18(2)12-9-7-11(8-10-12)16-17-14-6-4-3-5-13(14)15(19)20/h11-14H,3-10H2,1-2H3,(H,19,20). The number of hydrogen-bond acceptors (Lipinski definition) is 4. The fourth-order valence-corrected chi connectivity index (χ4v) is 3.41. The Morgan fingerprint density at radius 2 is 1.65 bits per heavy atom. The van der Waals surface area contributed by atoms with Crippen LogP contribution in [0.1, 0.15) is 51.4 Å². The number of rotatable bonds is 4. The molecule has 0 aromatic heterocycles. The van der Waals surface area contributed by atoms with Gasteiger partial charge in [0.05, 0.1) is 18.0 Å². The van der Waals surface area contributed by atoms with E-state index >= 15 is 0 Å². The Kier molecular flexibility index (Phi) is 5.52. The molecule has 0 aliphatic heterocycles. The van der Waals surface area contributed by atoms with Gasteiger partial charge < -0.3 is 10.0 Å².